The first kappa shape index (κ1) is 11.9. The summed E-state index contributed by atoms with van der Waals surface area (Å²) < 4.78 is 0. The quantitative estimate of drug-likeness (QED) is 0.800. The summed E-state index contributed by atoms with van der Waals surface area (Å²) in [6.07, 6.45) is 6.79. The molecule has 0 saturated carbocycles. The lowest BCUT2D eigenvalue weighted by atomic mass is 9.92. The molecular formula is C14H19N3. The first-order chi connectivity index (χ1) is 8.35. The fourth-order valence-electron chi connectivity index (χ4n) is 2.61. The van der Waals surface area contributed by atoms with E-state index in [9.17, 15) is 0 Å². The number of piperidine rings is 1. The summed E-state index contributed by atoms with van der Waals surface area (Å²) in [5, 5.41) is 9.05. The van der Waals surface area contributed by atoms with Gasteiger partial charge in [-0.2, -0.15) is 5.26 Å². The Morgan fingerprint density at radius 3 is 2.88 bits per heavy atom. The molecule has 0 N–H and O–H groups in total. The molecule has 0 aromatic carbocycles. The van der Waals surface area contributed by atoms with Gasteiger partial charge in [-0.05, 0) is 30.9 Å². The van der Waals surface area contributed by atoms with Crippen molar-refractivity contribution in [2.75, 3.05) is 18.0 Å². The zero-order valence-corrected chi connectivity index (χ0v) is 10.4. The standard InChI is InChI=1S/C14H19N3/c1-2-4-12-6-9-17(10-7-12)14-5-3-8-16-13(14)11-15/h3,5,8,12H,2,4,6-7,9-10H2,1H3. The van der Waals surface area contributed by atoms with Gasteiger partial charge in [0.15, 0.2) is 5.69 Å². The maximum Gasteiger partial charge on any atom is 0.163 e. The predicted octanol–water partition coefficient (Wildman–Crippen LogP) is 2.97. The SMILES string of the molecule is CCCC1CCN(c2cccnc2C#N)CC1. The van der Waals surface area contributed by atoms with E-state index in [1.165, 1.54) is 25.7 Å². The highest BCUT2D eigenvalue weighted by molar-refractivity contribution is 5.55. The highest BCUT2D eigenvalue weighted by Crippen LogP contribution is 2.27. The first-order valence-corrected chi connectivity index (χ1v) is 6.45. The van der Waals surface area contributed by atoms with E-state index in [1.54, 1.807) is 6.20 Å². The Hall–Kier alpha value is -1.56. The Kier molecular flexibility index (Phi) is 3.98. The molecule has 0 bridgehead atoms. The van der Waals surface area contributed by atoms with Crippen LogP contribution in [-0.2, 0) is 0 Å². The highest BCUT2D eigenvalue weighted by Gasteiger charge is 2.20. The molecule has 0 radical (unpaired) electrons. The maximum atomic E-state index is 9.05. The van der Waals surface area contributed by atoms with Crippen LogP contribution in [0, 0.1) is 17.2 Å². The van der Waals surface area contributed by atoms with Crippen molar-refractivity contribution < 1.29 is 0 Å². The molecule has 3 nitrogen and oxygen atoms in total. The van der Waals surface area contributed by atoms with Crippen LogP contribution >= 0.6 is 0 Å². The number of rotatable bonds is 3. The molecule has 0 atom stereocenters. The van der Waals surface area contributed by atoms with E-state index >= 15 is 0 Å². The average Bonchev–Trinajstić information content (AvgIpc) is 2.40. The second-order valence-corrected chi connectivity index (χ2v) is 4.70. The number of nitriles is 1. The normalized spacial score (nSPS) is 16.8. The number of hydrogen-bond acceptors (Lipinski definition) is 3. The van der Waals surface area contributed by atoms with Crippen LogP contribution in [0.5, 0.6) is 0 Å². The van der Waals surface area contributed by atoms with Crippen molar-refractivity contribution in [3.05, 3.63) is 24.0 Å². The second kappa shape index (κ2) is 5.67. The van der Waals surface area contributed by atoms with Crippen LogP contribution in [0.4, 0.5) is 5.69 Å². The molecule has 1 aromatic rings. The predicted molar refractivity (Wildman–Crippen MR) is 68.8 cm³/mol. The van der Waals surface area contributed by atoms with Gasteiger partial charge in [0.25, 0.3) is 0 Å². The summed E-state index contributed by atoms with van der Waals surface area (Å²) in [6, 6.07) is 6.09. The third kappa shape index (κ3) is 2.76. The lowest BCUT2D eigenvalue weighted by Crippen LogP contribution is -2.34. The van der Waals surface area contributed by atoms with E-state index in [-0.39, 0.29) is 0 Å². The van der Waals surface area contributed by atoms with Crippen molar-refractivity contribution in [2.45, 2.75) is 32.6 Å². The molecular weight excluding hydrogens is 210 g/mol. The van der Waals surface area contributed by atoms with E-state index in [4.69, 9.17) is 5.26 Å². The van der Waals surface area contributed by atoms with Gasteiger partial charge in [-0.3, -0.25) is 0 Å². The minimum Gasteiger partial charge on any atom is -0.369 e. The fourth-order valence-corrected chi connectivity index (χ4v) is 2.61. The van der Waals surface area contributed by atoms with Crippen LogP contribution in [0.2, 0.25) is 0 Å². The monoisotopic (exact) mass is 229 g/mol. The largest absolute Gasteiger partial charge is 0.369 e. The second-order valence-electron chi connectivity index (χ2n) is 4.70. The number of hydrogen-bond donors (Lipinski definition) is 0. The smallest absolute Gasteiger partial charge is 0.163 e. The summed E-state index contributed by atoms with van der Waals surface area (Å²) in [6.45, 7) is 4.37. The number of pyridine rings is 1. The van der Waals surface area contributed by atoms with Crippen LogP contribution in [0.15, 0.2) is 18.3 Å². The van der Waals surface area contributed by atoms with Gasteiger partial charge in [-0.25, -0.2) is 4.98 Å². The molecule has 17 heavy (non-hydrogen) atoms. The Labute approximate surface area is 103 Å². The highest BCUT2D eigenvalue weighted by atomic mass is 15.1. The molecule has 1 aliphatic rings. The molecule has 1 saturated heterocycles. The van der Waals surface area contributed by atoms with Gasteiger partial charge in [0.05, 0.1) is 5.69 Å². The van der Waals surface area contributed by atoms with Gasteiger partial charge in [0.1, 0.15) is 6.07 Å². The van der Waals surface area contributed by atoms with E-state index in [0.717, 1.165) is 24.7 Å². The van der Waals surface area contributed by atoms with Gasteiger partial charge in [-0.1, -0.05) is 19.8 Å². The molecule has 0 amide bonds. The van der Waals surface area contributed by atoms with Crippen LogP contribution in [0.3, 0.4) is 0 Å². The van der Waals surface area contributed by atoms with E-state index < -0.39 is 0 Å². The third-order valence-corrected chi connectivity index (χ3v) is 3.54. The van der Waals surface area contributed by atoms with Crippen molar-refractivity contribution in [1.82, 2.24) is 4.98 Å². The van der Waals surface area contributed by atoms with Crippen molar-refractivity contribution in [2.24, 2.45) is 5.92 Å². The van der Waals surface area contributed by atoms with Crippen LogP contribution in [-0.4, -0.2) is 18.1 Å². The summed E-state index contributed by atoms with van der Waals surface area (Å²) in [5.41, 5.74) is 1.56. The fraction of sp³-hybridized carbons (Fsp3) is 0.571. The van der Waals surface area contributed by atoms with Crippen LogP contribution in [0.1, 0.15) is 38.3 Å². The van der Waals surface area contributed by atoms with E-state index in [2.05, 4.69) is 22.9 Å². The van der Waals surface area contributed by atoms with Gasteiger partial charge in [0.2, 0.25) is 0 Å². The molecule has 1 fully saturated rings. The number of nitrogens with zero attached hydrogens (tertiary/aromatic N) is 3. The molecule has 2 heterocycles. The minimum absolute atomic E-state index is 0.557. The number of aromatic nitrogens is 1. The minimum atomic E-state index is 0.557. The lowest BCUT2D eigenvalue weighted by molar-refractivity contribution is 0.378. The molecule has 0 unspecified atom stereocenters. The summed E-state index contributed by atoms with van der Waals surface area (Å²) in [7, 11) is 0. The average molecular weight is 229 g/mol. The topological polar surface area (TPSA) is 39.9 Å². The van der Waals surface area contributed by atoms with E-state index in [0.29, 0.717) is 5.69 Å². The Morgan fingerprint density at radius 1 is 1.47 bits per heavy atom. The molecule has 90 valence electrons. The summed E-state index contributed by atoms with van der Waals surface area (Å²) >= 11 is 0. The van der Waals surface area contributed by atoms with Crippen LogP contribution in [0.25, 0.3) is 0 Å². The molecule has 3 heteroatoms. The van der Waals surface area contributed by atoms with Gasteiger partial charge in [-0.15, -0.1) is 0 Å². The van der Waals surface area contributed by atoms with E-state index in [1.807, 2.05) is 12.1 Å². The summed E-state index contributed by atoms with van der Waals surface area (Å²) in [4.78, 5) is 6.43. The first-order valence-electron chi connectivity index (χ1n) is 6.45. The van der Waals surface area contributed by atoms with Gasteiger partial charge >= 0.3 is 0 Å². The van der Waals surface area contributed by atoms with Crippen molar-refractivity contribution in [3.8, 4) is 6.07 Å². The Bertz CT molecular complexity index is 400. The van der Waals surface area contributed by atoms with Crippen molar-refractivity contribution in [3.63, 3.8) is 0 Å². The summed E-state index contributed by atoms with van der Waals surface area (Å²) in [5.74, 6) is 0.874. The zero-order valence-electron chi connectivity index (χ0n) is 10.4. The molecule has 2 rings (SSSR count). The lowest BCUT2D eigenvalue weighted by Gasteiger charge is -2.33. The molecule has 0 spiro atoms. The van der Waals surface area contributed by atoms with Crippen molar-refractivity contribution >= 4 is 5.69 Å². The van der Waals surface area contributed by atoms with Crippen LogP contribution < -0.4 is 4.90 Å². The molecule has 1 aromatic heterocycles. The Morgan fingerprint density at radius 2 is 2.24 bits per heavy atom. The Balaban J connectivity index is 2.03. The van der Waals surface area contributed by atoms with Gasteiger partial charge in [0, 0.05) is 19.3 Å². The van der Waals surface area contributed by atoms with Gasteiger partial charge < -0.3 is 4.90 Å². The van der Waals surface area contributed by atoms with Crippen molar-refractivity contribution in [1.29, 1.82) is 5.26 Å². The molecule has 1 aliphatic heterocycles. The maximum absolute atomic E-state index is 9.05. The molecule has 0 aliphatic carbocycles. The zero-order chi connectivity index (χ0) is 12.1. The third-order valence-electron chi connectivity index (χ3n) is 3.54. The number of anilines is 1.